The third-order valence-electron chi connectivity index (χ3n) is 6.99. The number of thiazole rings is 1. The van der Waals surface area contributed by atoms with Crippen LogP contribution < -0.4 is 4.74 Å². The number of hydrogen-bond donors (Lipinski definition) is 1. The molecule has 40 heavy (non-hydrogen) atoms. The van der Waals surface area contributed by atoms with Crippen molar-refractivity contribution in [3.05, 3.63) is 110 Å². The van der Waals surface area contributed by atoms with E-state index in [-0.39, 0.29) is 0 Å². The molecular formula is C29H26ClN7O2S. The lowest BCUT2D eigenvalue weighted by Gasteiger charge is -2.28. The molecule has 0 amide bonds. The number of methoxy groups -OCH3 is 1. The van der Waals surface area contributed by atoms with Crippen molar-refractivity contribution in [2.75, 3.05) is 7.11 Å². The van der Waals surface area contributed by atoms with E-state index in [0.29, 0.717) is 44.4 Å². The fourth-order valence-corrected chi connectivity index (χ4v) is 6.40. The molecule has 0 fully saturated rings. The number of nitrogens with zero attached hydrogens (tertiary/aromatic N) is 7. The number of benzene rings is 2. The van der Waals surface area contributed by atoms with Crippen LogP contribution in [0.1, 0.15) is 38.0 Å². The van der Waals surface area contributed by atoms with Gasteiger partial charge < -0.3 is 9.84 Å². The molecule has 0 unspecified atom stereocenters. The molecule has 1 N–H and O–H groups in total. The van der Waals surface area contributed by atoms with Crippen LogP contribution in [0.4, 0.5) is 0 Å². The molecule has 0 spiro atoms. The van der Waals surface area contributed by atoms with Crippen molar-refractivity contribution in [2.24, 2.45) is 7.05 Å². The Morgan fingerprint density at radius 1 is 1.10 bits per heavy atom. The number of aromatic nitrogens is 7. The Morgan fingerprint density at radius 2 is 1.90 bits per heavy atom. The van der Waals surface area contributed by atoms with Gasteiger partial charge in [-0.2, -0.15) is 5.10 Å². The highest BCUT2D eigenvalue weighted by molar-refractivity contribution is 7.11. The van der Waals surface area contributed by atoms with Crippen molar-refractivity contribution in [1.82, 2.24) is 34.7 Å². The van der Waals surface area contributed by atoms with E-state index in [1.165, 1.54) is 11.3 Å². The molecule has 2 aromatic carbocycles. The third kappa shape index (κ3) is 4.34. The van der Waals surface area contributed by atoms with Crippen molar-refractivity contribution in [1.29, 1.82) is 0 Å². The Bertz CT molecular complexity index is 1830. The fraction of sp³-hybridized carbons (Fsp3) is 0.207. The van der Waals surface area contributed by atoms with E-state index >= 15 is 0 Å². The molecule has 4 aromatic heterocycles. The molecule has 1 atom stereocenters. The normalized spacial score (nSPS) is 13.1. The summed E-state index contributed by atoms with van der Waals surface area (Å²) in [6, 6.07) is 15.6. The van der Waals surface area contributed by atoms with Gasteiger partial charge in [-0.25, -0.2) is 19.3 Å². The Labute approximate surface area is 239 Å². The van der Waals surface area contributed by atoms with Gasteiger partial charge in [0, 0.05) is 36.8 Å². The maximum atomic E-state index is 12.4. The zero-order valence-electron chi connectivity index (χ0n) is 22.3. The molecular weight excluding hydrogens is 546 g/mol. The predicted molar refractivity (Wildman–Crippen MR) is 154 cm³/mol. The number of aryl methyl sites for hydroxylation is 3. The molecule has 6 aromatic rings. The maximum Gasteiger partial charge on any atom is 0.218 e. The van der Waals surface area contributed by atoms with Gasteiger partial charge in [-0.3, -0.25) is 0 Å². The Hall–Kier alpha value is -4.12. The first-order chi connectivity index (χ1) is 19.3. The molecule has 0 aliphatic carbocycles. The predicted octanol–water partition coefficient (Wildman–Crippen LogP) is 5.16. The Morgan fingerprint density at radius 3 is 2.52 bits per heavy atom. The van der Waals surface area contributed by atoms with E-state index in [1.807, 2.05) is 73.3 Å². The number of aliphatic hydroxyl groups is 1. The summed E-state index contributed by atoms with van der Waals surface area (Å²) >= 11 is 8.53. The second kappa shape index (κ2) is 10.1. The summed E-state index contributed by atoms with van der Waals surface area (Å²) in [4.78, 5) is 10.0. The van der Waals surface area contributed by atoms with Gasteiger partial charge >= 0.3 is 0 Å². The quantitative estimate of drug-likeness (QED) is 0.282. The summed E-state index contributed by atoms with van der Waals surface area (Å²) < 4.78 is 9.05. The molecule has 11 heteroatoms. The van der Waals surface area contributed by atoms with E-state index in [9.17, 15) is 5.11 Å². The van der Waals surface area contributed by atoms with Crippen molar-refractivity contribution < 1.29 is 9.84 Å². The summed E-state index contributed by atoms with van der Waals surface area (Å²) in [6.07, 6.45) is 5.73. The molecule has 9 nitrogen and oxygen atoms in total. The summed E-state index contributed by atoms with van der Waals surface area (Å²) in [7, 11) is 3.35. The number of fused-ring (bicyclic) bond motifs is 1. The summed E-state index contributed by atoms with van der Waals surface area (Å²) in [5.41, 5.74) is 3.75. The van der Waals surface area contributed by atoms with Gasteiger partial charge in [-0.15, -0.1) is 16.4 Å². The zero-order valence-corrected chi connectivity index (χ0v) is 23.9. The Kier molecular flexibility index (Phi) is 6.61. The van der Waals surface area contributed by atoms with Crippen molar-refractivity contribution in [2.45, 2.75) is 25.9 Å². The lowest BCUT2D eigenvalue weighted by Crippen LogP contribution is -2.31. The second-order valence-corrected chi connectivity index (χ2v) is 11.1. The lowest BCUT2D eigenvalue weighted by molar-refractivity contribution is 0.119. The molecule has 6 rings (SSSR count). The first-order valence-electron chi connectivity index (χ1n) is 12.6. The van der Waals surface area contributed by atoms with Crippen LogP contribution in [0.3, 0.4) is 0 Å². The summed E-state index contributed by atoms with van der Waals surface area (Å²) in [5, 5.41) is 26.9. The maximum absolute atomic E-state index is 12.4. The van der Waals surface area contributed by atoms with Crippen LogP contribution >= 0.6 is 22.9 Å². The molecule has 0 radical (unpaired) electrons. The van der Waals surface area contributed by atoms with Crippen molar-refractivity contribution >= 4 is 33.8 Å². The first kappa shape index (κ1) is 26.1. The van der Waals surface area contributed by atoms with Crippen LogP contribution in [0.5, 0.6) is 5.88 Å². The van der Waals surface area contributed by atoms with Crippen LogP contribution in [0, 0.1) is 13.8 Å². The van der Waals surface area contributed by atoms with Crippen LogP contribution in [0.2, 0.25) is 5.02 Å². The van der Waals surface area contributed by atoms with Gasteiger partial charge in [0.25, 0.3) is 0 Å². The number of rotatable bonds is 7. The number of hydrogen-bond acceptors (Lipinski definition) is 8. The Balaban J connectivity index is 1.48. The number of pyridine rings is 1. The standard InChI is InChI=1S/C29H26ClN7O2S/c1-17-27(40-18(2)33-17)29(38,25-16-31-35-36(25)3)20-8-11-24-22(15-20)26(30)23(28(34-24)39-4)14-19-6-9-21(10-7-19)37-13-5-12-32-37/h5-13,15-16,38H,14H2,1-4H3/t29-/m1/s1. The molecule has 0 aliphatic heterocycles. The van der Waals surface area contributed by atoms with Gasteiger partial charge in [0.15, 0.2) is 5.60 Å². The van der Waals surface area contributed by atoms with Crippen molar-refractivity contribution in [3.63, 3.8) is 0 Å². The minimum atomic E-state index is -1.55. The SMILES string of the molecule is COc1nc2ccc([C@](O)(c3sc(C)nc3C)c3cnnn3C)cc2c(Cl)c1Cc1ccc(-n2cccn2)cc1. The van der Waals surface area contributed by atoms with Crippen molar-refractivity contribution in [3.8, 4) is 11.6 Å². The van der Waals surface area contributed by atoms with Gasteiger partial charge in [0.1, 0.15) is 5.69 Å². The van der Waals surface area contributed by atoms with Crippen LogP contribution in [-0.2, 0) is 19.1 Å². The van der Waals surface area contributed by atoms with Crippen LogP contribution in [-0.4, -0.2) is 47.0 Å². The third-order valence-corrected chi connectivity index (χ3v) is 8.61. The monoisotopic (exact) mass is 571 g/mol. The van der Waals surface area contributed by atoms with Gasteiger partial charge in [0.2, 0.25) is 5.88 Å². The van der Waals surface area contributed by atoms with Gasteiger partial charge in [-0.1, -0.05) is 35.0 Å². The molecule has 0 aliphatic rings. The van der Waals surface area contributed by atoms with E-state index in [4.69, 9.17) is 21.3 Å². The summed E-state index contributed by atoms with van der Waals surface area (Å²) in [6.45, 7) is 3.81. The summed E-state index contributed by atoms with van der Waals surface area (Å²) in [5.74, 6) is 0.460. The average molecular weight is 572 g/mol. The smallest absolute Gasteiger partial charge is 0.218 e. The molecule has 0 saturated heterocycles. The topological polar surface area (TPSA) is 104 Å². The highest BCUT2D eigenvalue weighted by atomic mass is 35.5. The van der Waals surface area contributed by atoms with E-state index in [2.05, 4.69) is 20.4 Å². The largest absolute Gasteiger partial charge is 0.481 e. The minimum Gasteiger partial charge on any atom is -0.481 e. The lowest BCUT2D eigenvalue weighted by atomic mass is 9.87. The zero-order chi connectivity index (χ0) is 28.0. The van der Waals surface area contributed by atoms with E-state index in [0.717, 1.165) is 27.5 Å². The highest BCUT2D eigenvalue weighted by Crippen LogP contribution is 2.43. The molecule has 202 valence electrons. The number of halogens is 1. The second-order valence-electron chi connectivity index (χ2n) is 9.54. The van der Waals surface area contributed by atoms with Gasteiger partial charge in [0.05, 0.1) is 45.1 Å². The van der Waals surface area contributed by atoms with Crippen LogP contribution in [0.15, 0.2) is 67.1 Å². The molecule has 4 heterocycles. The first-order valence-corrected chi connectivity index (χ1v) is 13.8. The number of ether oxygens (including phenoxy) is 1. The average Bonchev–Trinajstić information content (AvgIpc) is 3.72. The molecule has 0 bridgehead atoms. The minimum absolute atomic E-state index is 0.460. The highest BCUT2D eigenvalue weighted by Gasteiger charge is 2.40. The van der Waals surface area contributed by atoms with E-state index < -0.39 is 5.60 Å². The molecule has 0 saturated carbocycles. The van der Waals surface area contributed by atoms with Crippen LogP contribution in [0.25, 0.3) is 16.6 Å². The van der Waals surface area contributed by atoms with Gasteiger partial charge in [-0.05, 0) is 55.3 Å². The fourth-order valence-electron chi connectivity index (χ4n) is 5.06. The van der Waals surface area contributed by atoms with E-state index in [1.54, 1.807) is 31.2 Å².